The predicted molar refractivity (Wildman–Crippen MR) is 86.9 cm³/mol. The number of carbonyl (C=O) groups is 3. The van der Waals surface area contributed by atoms with Gasteiger partial charge in [-0.15, -0.1) is 0 Å². The second-order valence-electron chi connectivity index (χ2n) is 6.65. The molecule has 0 radical (unpaired) electrons. The standard InChI is InChI=1S/C15H23NO8S/c1-6-7-22-14(19)16-9-10(24-25(5,20)21)8-11(16)12(17)23-13(18)15(2,3)4/h6,10-11H,1,7-9H2,2-5H3. The van der Waals surface area contributed by atoms with Crippen LogP contribution in [0.1, 0.15) is 27.2 Å². The fraction of sp³-hybridized carbons (Fsp3) is 0.667. The molecule has 0 spiro atoms. The van der Waals surface area contributed by atoms with Crippen molar-refractivity contribution >= 4 is 28.1 Å². The van der Waals surface area contributed by atoms with Gasteiger partial charge < -0.3 is 9.47 Å². The maximum atomic E-state index is 12.3. The van der Waals surface area contributed by atoms with Crippen molar-refractivity contribution in [2.24, 2.45) is 5.41 Å². The first-order valence-electron chi connectivity index (χ1n) is 7.54. The molecular weight excluding hydrogens is 354 g/mol. The summed E-state index contributed by atoms with van der Waals surface area (Å²) in [7, 11) is -3.78. The van der Waals surface area contributed by atoms with Gasteiger partial charge in [0.2, 0.25) is 0 Å². The van der Waals surface area contributed by atoms with E-state index in [0.717, 1.165) is 11.2 Å². The molecule has 142 valence electrons. The van der Waals surface area contributed by atoms with Gasteiger partial charge in [0.25, 0.3) is 10.1 Å². The number of carbonyl (C=O) groups excluding carboxylic acids is 3. The van der Waals surface area contributed by atoms with E-state index in [-0.39, 0.29) is 19.6 Å². The van der Waals surface area contributed by atoms with Gasteiger partial charge in [-0.1, -0.05) is 12.7 Å². The summed E-state index contributed by atoms with van der Waals surface area (Å²) in [6, 6.07) is -1.18. The quantitative estimate of drug-likeness (QED) is 0.299. The summed E-state index contributed by atoms with van der Waals surface area (Å²) >= 11 is 0. The van der Waals surface area contributed by atoms with Crippen LogP contribution in [0.15, 0.2) is 12.7 Å². The number of likely N-dealkylation sites (tertiary alicyclic amines) is 1. The molecule has 0 N–H and O–H groups in total. The first kappa shape index (κ1) is 21.1. The van der Waals surface area contributed by atoms with Crippen LogP contribution in [0.25, 0.3) is 0 Å². The second-order valence-corrected chi connectivity index (χ2v) is 8.25. The average molecular weight is 377 g/mol. The SMILES string of the molecule is C=CCOC(=O)N1CC(OS(C)(=O)=O)CC1C(=O)OC(=O)C(C)(C)C. The number of nitrogens with zero attached hydrogens (tertiary/aromatic N) is 1. The van der Waals surface area contributed by atoms with Crippen molar-refractivity contribution in [2.45, 2.75) is 39.3 Å². The van der Waals surface area contributed by atoms with Crippen LogP contribution in [0.2, 0.25) is 0 Å². The highest BCUT2D eigenvalue weighted by molar-refractivity contribution is 7.86. The van der Waals surface area contributed by atoms with Gasteiger partial charge in [0.1, 0.15) is 12.6 Å². The minimum absolute atomic E-state index is 0.0877. The minimum atomic E-state index is -3.78. The van der Waals surface area contributed by atoms with Crippen LogP contribution in [0.5, 0.6) is 0 Å². The fourth-order valence-electron chi connectivity index (χ4n) is 2.07. The Morgan fingerprint density at radius 1 is 1.28 bits per heavy atom. The van der Waals surface area contributed by atoms with Crippen molar-refractivity contribution in [3.63, 3.8) is 0 Å². The first-order chi connectivity index (χ1) is 11.3. The number of rotatable bonds is 5. The van der Waals surface area contributed by atoms with Crippen LogP contribution >= 0.6 is 0 Å². The van der Waals surface area contributed by atoms with Crippen molar-refractivity contribution in [3.05, 3.63) is 12.7 Å². The summed E-state index contributed by atoms with van der Waals surface area (Å²) in [5, 5.41) is 0. The summed E-state index contributed by atoms with van der Waals surface area (Å²) in [6.07, 6.45) is 0.280. The van der Waals surface area contributed by atoms with Gasteiger partial charge in [0.15, 0.2) is 0 Å². The molecule has 1 heterocycles. The Morgan fingerprint density at radius 3 is 2.36 bits per heavy atom. The molecule has 1 amide bonds. The van der Waals surface area contributed by atoms with Gasteiger partial charge in [-0.05, 0) is 20.8 Å². The van der Waals surface area contributed by atoms with Crippen LogP contribution in [0, 0.1) is 5.41 Å². The summed E-state index contributed by atoms with van der Waals surface area (Å²) in [5.41, 5.74) is -0.912. The molecule has 10 heteroatoms. The molecular formula is C15H23NO8S. The highest BCUT2D eigenvalue weighted by Crippen LogP contribution is 2.25. The monoisotopic (exact) mass is 377 g/mol. The molecule has 0 bridgehead atoms. The van der Waals surface area contributed by atoms with Crippen molar-refractivity contribution in [1.29, 1.82) is 0 Å². The third-order valence-corrected chi connectivity index (χ3v) is 3.83. The molecule has 1 aliphatic heterocycles. The van der Waals surface area contributed by atoms with Crippen molar-refractivity contribution in [1.82, 2.24) is 4.90 Å². The van der Waals surface area contributed by atoms with E-state index in [1.54, 1.807) is 20.8 Å². The number of hydrogen-bond donors (Lipinski definition) is 0. The zero-order chi connectivity index (χ0) is 19.4. The van der Waals surface area contributed by atoms with Gasteiger partial charge in [-0.3, -0.25) is 13.9 Å². The molecule has 1 aliphatic rings. The molecule has 0 aliphatic carbocycles. The van der Waals surface area contributed by atoms with Crippen molar-refractivity contribution in [2.75, 3.05) is 19.4 Å². The molecule has 2 unspecified atom stereocenters. The van der Waals surface area contributed by atoms with Gasteiger partial charge in [0.05, 0.1) is 24.3 Å². The van der Waals surface area contributed by atoms with Crippen LogP contribution in [0.4, 0.5) is 4.79 Å². The highest BCUT2D eigenvalue weighted by Gasteiger charge is 2.44. The summed E-state index contributed by atoms with van der Waals surface area (Å²) < 4.78 is 37.1. The largest absolute Gasteiger partial charge is 0.445 e. The van der Waals surface area contributed by atoms with E-state index in [1.165, 1.54) is 6.08 Å². The smallest absolute Gasteiger partial charge is 0.410 e. The van der Waals surface area contributed by atoms with Crippen LogP contribution < -0.4 is 0 Å². The normalized spacial score (nSPS) is 20.9. The third kappa shape index (κ3) is 6.46. The highest BCUT2D eigenvalue weighted by atomic mass is 32.2. The lowest BCUT2D eigenvalue weighted by Crippen LogP contribution is -2.43. The van der Waals surface area contributed by atoms with Crippen molar-refractivity contribution < 1.29 is 36.5 Å². The van der Waals surface area contributed by atoms with E-state index in [9.17, 15) is 22.8 Å². The molecule has 1 fully saturated rings. The molecule has 1 rings (SSSR count). The molecule has 0 aromatic carbocycles. The molecule has 0 saturated carbocycles. The average Bonchev–Trinajstić information content (AvgIpc) is 2.85. The number of ether oxygens (including phenoxy) is 2. The Bertz CT molecular complexity index is 649. The Labute approximate surface area is 147 Å². The topological polar surface area (TPSA) is 116 Å². The minimum Gasteiger partial charge on any atom is -0.445 e. The predicted octanol–water partition coefficient (Wildman–Crippen LogP) is 0.844. The Morgan fingerprint density at radius 2 is 1.88 bits per heavy atom. The molecule has 2 atom stereocenters. The van der Waals surface area contributed by atoms with E-state index < -0.39 is 45.7 Å². The zero-order valence-corrected chi connectivity index (χ0v) is 15.5. The van der Waals surface area contributed by atoms with Crippen LogP contribution in [0.3, 0.4) is 0 Å². The molecule has 9 nitrogen and oxygen atoms in total. The fourth-order valence-corrected chi connectivity index (χ4v) is 2.70. The van der Waals surface area contributed by atoms with E-state index in [0.29, 0.717) is 0 Å². The molecule has 25 heavy (non-hydrogen) atoms. The van der Waals surface area contributed by atoms with E-state index >= 15 is 0 Å². The number of amides is 1. The lowest BCUT2D eigenvalue weighted by atomic mass is 9.97. The zero-order valence-electron chi connectivity index (χ0n) is 14.7. The molecule has 1 saturated heterocycles. The second kappa shape index (κ2) is 7.96. The third-order valence-electron chi connectivity index (χ3n) is 3.21. The number of esters is 2. The Hall–Kier alpha value is -1.94. The lowest BCUT2D eigenvalue weighted by Gasteiger charge is -2.23. The van der Waals surface area contributed by atoms with E-state index in [1.807, 2.05) is 0 Å². The van der Waals surface area contributed by atoms with E-state index in [2.05, 4.69) is 6.58 Å². The maximum absolute atomic E-state index is 12.3. The van der Waals surface area contributed by atoms with Gasteiger partial charge >= 0.3 is 18.0 Å². The van der Waals surface area contributed by atoms with Gasteiger partial charge in [-0.2, -0.15) is 8.42 Å². The Kier molecular flexibility index (Phi) is 6.72. The van der Waals surface area contributed by atoms with Gasteiger partial charge in [0, 0.05) is 6.42 Å². The maximum Gasteiger partial charge on any atom is 0.410 e. The molecule has 0 aromatic heterocycles. The van der Waals surface area contributed by atoms with Crippen molar-refractivity contribution in [3.8, 4) is 0 Å². The van der Waals surface area contributed by atoms with Crippen LogP contribution in [-0.4, -0.2) is 62.9 Å². The lowest BCUT2D eigenvalue weighted by molar-refractivity contribution is -0.168. The number of hydrogen-bond acceptors (Lipinski definition) is 8. The summed E-state index contributed by atoms with van der Waals surface area (Å²) in [4.78, 5) is 37.2. The molecule has 0 aromatic rings. The Balaban J connectivity index is 2.93. The summed E-state index contributed by atoms with van der Waals surface area (Å²) in [6.45, 7) is 7.85. The summed E-state index contributed by atoms with van der Waals surface area (Å²) in [5.74, 6) is -1.72. The first-order valence-corrected chi connectivity index (χ1v) is 9.35. The van der Waals surface area contributed by atoms with Gasteiger partial charge in [-0.25, -0.2) is 9.59 Å². The van der Waals surface area contributed by atoms with Crippen LogP contribution in [-0.2, 0) is 33.4 Å². The van der Waals surface area contributed by atoms with E-state index in [4.69, 9.17) is 13.7 Å².